The maximum atomic E-state index is 12.2. The number of hydrogen-bond donors (Lipinski definition) is 0. The molecule has 362 valence electrons. The van der Waals surface area contributed by atoms with Crippen molar-refractivity contribution in [3.05, 3.63) is 82.9 Å². The van der Waals surface area contributed by atoms with Crippen LogP contribution in [0.25, 0.3) is 21.5 Å². The van der Waals surface area contributed by atoms with Gasteiger partial charge in [0.15, 0.2) is 0 Å². The fraction of sp³-hybridized carbons (Fsp3) is 0.643. The Kier molecular flexibility index (Phi) is 31.4. The molecule has 2 radical (unpaired) electrons. The summed E-state index contributed by atoms with van der Waals surface area (Å²) in [7, 11) is -9.04. The second-order valence-corrected chi connectivity index (χ2v) is 21.2. The molecular weight excluding hydrogens is 1040 g/mol. The molecule has 0 aliphatic heterocycles. The van der Waals surface area contributed by atoms with Crippen molar-refractivity contribution in [1.29, 1.82) is 0 Å². The predicted molar refractivity (Wildman–Crippen MR) is 276 cm³/mol. The van der Waals surface area contributed by atoms with Gasteiger partial charge in [0.1, 0.15) is 20.2 Å². The molecule has 0 aromatic heterocycles. The first kappa shape index (κ1) is 59.3. The van der Waals surface area contributed by atoms with E-state index in [4.69, 9.17) is 0 Å². The molecule has 0 atom stereocenters. The van der Waals surface area contributed by atoms with Crippen LogP contribution in [-0.2, 0) is 45.9 Å². The van der Waals surface area contributed by atoms with Gasteiger partial charge in [-0.1, -0.05) is 230 Å². The normalized spacial score (nSPS) is 11.8. The first-order valence-corrected chi connectivity index (χ1v) is 28.8. The fourth-order valence-corrected chi connectivity index (χ4v) is 11.1. The van der Waals surface area contributed by atoms with Crippen molar-refractivity contribution < 1.29 is 25.9 Å². The average Bonchev–Trinajstić information content (AvgIpc) is 3.26. The van der Waals surface area contributed by atoms with Gasteiger partial charge in [-0.15, -0.1) is 0 Å². The van der Waals surface area contributed by atoms with Crippen molar-refractivity contribution in [1.82, 2.24) is 0 Å². The molecule has 9 heteroatoms. The molecular formula is C56H86O6PbS2. The third kappa shape index (κ3) is 23.3. The van der Waals surface area contributed by atoms with Crippen LogP contribution in [0.5, 0.6) is 0 Å². The Labute approximate surface area is 418 Å². The maximum absolute atomic E-state index is 12.2. The summed E-state index contributed by atoms with van der Waals surface area (Å²) in [6.45, 7) is 8.89. The van der Waals surface area contributed by atoms with E-state index in [0.29, 0.717) is 34.7 Å². The quantitative estimate of drug-likeness (QED) is 0.0261. The van der Waals surface area contributed by atoms with Crippen molar-refractivity contribution in [2.24, 2.45) is 0 Å². The molecule has 65 heavy (non-hydrogen) atoms. The largest absolute Gasteiger partial charge is 2.00 e. The molecule has 6 nitrogen and oxygen atoms in total. The van der Waals surface area contributed by atoms with Crippen LogP contribution in [0.2, 0.25) is 0 Å². The van der Waals surface area contributed by atoms with E-state index in [1.165, 1.54) is 141 Å². The third-order valence-electron chi connectivity index (χ3n) is 13.0. The summed E-state index contributed by atoms with van der Waals surface area (Å²) in [5.74, 6) is 0. The van der Waals surface area contributed by atoms with Crippen molar-refractivity contribution in [3.8, 4) is 0 Å². The summed E-state index contributed by atoms with van der Waals surface area (Å²) in [5.41, 5.74) is 3.64. The Balaban J connectivity index is 0.000000440. The zero-order chi connectivity index (χ0) is 46.5. The van der Waals surface area contributed by atoms with E-state index in [1.807, 2.05) is 48.5 Å². The molecule has 0 unspecified atom stereocenters. The summed E-state index contributed by atoms with van der Waals surface area (Å²) >= 11 is 0. The van der Waals surface area contributed by atoms with E-state index in [9.17, 15) is 25.9 Å². The van der Waals surface area contributed by atoms with Crippen LogP contribution >= 0.6 is 0 Å². The molecule has 4 rings (SSSR count). The number of benzene rings is 4. The fourth-order valence-electron chi connectivity index (χ4n) is 9.18. The van der Waals surface area contributed by atoms with E-state index in [-0.39, 0.29) is 37.1 Å². The predicted octanol–water partition coefficient (Wildman–Crippen LogP) is 16.3. The summed E-state index contributed by atoms with van der Waals surface area (Å²) in [5, 5.41) is 2.90. The molecule has 0 heterocycles. The van der Waals surface area contributed by atoms with Gasteiger partial charge in [0.05, 0.1) is 9.79 Å². The van der Waals surface area contributed by atoms with Crippen LogP contribution in [0.1, 0.15) is 230 Å². The smallest absolute Gasteiger partial charge is 0.744 e. The minimum absolute atomic E-state index is 0. The van der Waals surface area contributed by atoms with Crippen molar-refractivity contribution >= 4 is 69.1 Å². The molecule has 0 saturated heterocycles. The topological polar surface area (TPSA) is 114 Å². The molecule has 4 aromatic rings. The van der Waals surface area contributed by atoms with Crippen molar-refractivity contribution in [2.75, 3.05) is 0 Å². The van der Waals surface area contributed by atoms with Gasteiger partial charge in [0.2, 0.25) is 0 Å². The molecule has 0 aliphatic carbocycles. The summed E-state index contributed by atoms with van der Waals surface area (Å²) in [6.07, 6.45) is 37.1. The van der Waals surface area contributed by atoms with Gasteiger partial charge in [-0.25, -0.2) is 16.8 Å². The van der Waals surface area contributed by atoms with Gasteiger partial charge in [0.25, 0.3) is 0 Å². The summed E-state index contributed by atoms with van der Waals surface area (Å²) < 4.78 is 73.3. The monoisotopic (exact) mass is 1130 g/mol. The molecule has 0 aliphatic rings. The molecule has 0 N–H and O–H groups in total. The summed E-state index contributed by atoms with van der Waals surface area (Å²) in [6, 6.07) is 19.6. The van der Waals surface area contributed by atoms with Gasteiger partial charge in [-0.05, 0) is 107 Å². The number of unbranched alkanes of at least 4 members (excludes halogenated alkanes) is 24. The molecule has 0 bridgehead atoms. The Morgan fingerprint density at radius 2 is 0.585 bits per heavy atom. The molecule has 0 amide bonds. The van der Waals surface area contributed by atoms with Crippen LogP contribution in [0.4, 0.5) is 0 Å². The van der Waals surface area contributed by atoms with Crippen LogP contribution in [-0.4, -0.2) is 53.2 Å². The van der Waals surface area contributed by atoms with Crippen LogP contribution in [0.3, 0.4) is 0 Å². The minimum Gasteiger partial charge on any atom is -0.744 e. The van der Waals surface area contributed by atoms with Crippen LogP contribution in [0.15, 0.2) is 70.5 Å². The second-order valence-electron chi connectivity index (χ2n) is 18.6. The number of aryl methyl sites for hydroxylation is 4. The zero-order valence-electron chi connectivity index (χ0n) is 41.2. The van der Waals surface area contributed by atoms with Gasteiger partial charge < -0.3 is 9.11 Å². The second kappa shape index (κ2) is 34.4. The van der Waals surface area contributed by atoms with Crippen molar-refractivity contribution in [3.63, 3.8) is 0 Å². The molecule has 0 fully saturated rings. The van der Waals surface area contributed by atoms with Crippen LogP contribution in [0, 0.1) is 0 Å². The molecule has 0 spiro atoms. The standard InChI is InChI=1S/2C28H44O3S.Pb/c2*1-3-5-7-9-11-13-15-17-24-19-20-25-21-22-26(18-16-14-12-10-8-6-4-2)28(27(25)23-24)32(29,30)31;/h2*19-23H,3-18H2,1-2H3,(H,29,30,31);/q;;+2/p-2. The van der Waals surface area contributed by atoms with Gasteiger partial charge >= 0.3 is 27.3 Å². The Morgan fingerprint density at radius 3 is 0.862 bits per heavy atom. The molecule has 4 aromatic carbocycles. The average molecular weight is 1130 g/mol. The number of rotatable bonds is 34. The van der Waals surface area contributed by atoms with E-state index in [2.05, 4.69) is 39.8 Å². The van der Waals surface area contributed by atoms with Gasteiger partial charge in [0, 0.05) is 0 Å². The van der Waals surface area contributed by atoms with E-state index in [1.54, 1.807) is 0 Å². The number of fused-ring (bicyclic) bond motifs is 2. The zero-order valence-corrected chi connectivity index (χ0v) is 46.7. The Morgan fingerprint density at radius 1 is 0.338 bits per heavy atom. The van der Waals surface area contributed by atoms with Gasteiger partial charge in [-0.2, -0.15) is 0 Å². The van der Waals surface area contributed by atoms with E-state index >= 15 is 0 Å². The Bertz CT molecular complexity index is 1950. The number of hydrogen-bond acceptors (Lipinski definition) is 6. The first-order chi connectivity index (χ1) is 30.9. The van der Waals surface area contributed by atoms with E-state index < -0.39 is 20.2 Å². The first-order valence-electron chi connectivity index (χ1n) is 25.9. The van der Waals surface area contributed by atoms with Crippen molar-refractivity contribution in [2.45, 2.75) is 243 Å². The van der Waals surface area contributed by atoms with Gasteiger partial charge in [-0.3, -0.25) is 0 Å². The minimum atomic E-state index is -4.52. The van der Waals surface area contributed by atoms with Crippen LogP contribution < -0.4 is 0 Å². The SMILES string of the molecule is CCCCCCCCCc1ccc2ccc(CCCCCCCCC)c(S(=O)(=O)[O-])c2c1.CCCCCCCCCc1ccc2ccc(CCCCCCCCC)c(S(=O)(=O)[O-])c2c1.[Pb+2]. The molecule has 0 saturated carbocycles. The summed E-state index contributed by atoms with van der Waals surface area (Å²) in [4.78, 5) is 0.0322. The van der Waals surface area contributed by atoms with E-state index in [0.717, 1.165) is 73.3 Å². The maximum Gasteiger partial charge on any atom is 2.00 e. The Hall–Kier alpha value is -1.86. The third-order valence-corrected chi connectivity index (χ3v) is 14.9.